The van der Waals surface area contributed by atoms with Gasteiger partial charge in [0.1, 0.15) is 0 Å². The number of nitrogens with zero attached hydrogens (tertiary/aromatic N) is 1. The predicted octanol–water partition coefficient (Wildman–Crippen LogP) is 2.90. The van der Waals surface area contributed by atoms with Crippen LogP contribution in [0.15, 0.2) is 24.3 Å². The van der Waals surface area contributed by atoms with Gasteiger partial charge in [-0.2, -0.15) is 0 Å². The topological polar surface area (TPSA) is 69.2 Å². The van der Waals surface area contributed by atoms with Crippen LogP contribution in [0.4, 0.5) is 5.69 Å². The van der Waals surface area contributed by atoms with Crippen molar-refractivity contribution in [3.63, 3.8) is 0 Å². The maximum atomic E-state index is 10.9. The standard InChI is InChI=1S/C13H20N2O2/c1-3-11(10(2)14)8-9-12-6-4-5-7-13(12)15(16)17/h4-7,10-11H,3,8-9,14H2,1-2H3. The highest BCUT2D eigenvalue weighted by Gasteiger charge is 2.16. The Balaban J connectivity index is 2.72. The van der Waals surface area contributed by atoms with Gasteiger partial charge in [-0.05, 0) is 25.7 Å². The summed E-state index contributed by atoms with van der Waals surface area (Å²) in [6, 6.07) is 7.07. The zero-order chi connectivity index (χ0) is 12.8. The molecule has 0 saturated carbocycles. The highest BCUT2D eigenvalue weighted by atomic mass is 16.6. The molecule has 2 N–H and O–H groups in total. The maximum Gasteiger partial charge on any atom is 0.272 e. The Bertz CT molecular complexity index is 377. The molecular formula is C13H20N2O2. The molecule has 2 unspecified atom stereocenters. The van der Waals surface area contributed by atoms with Gasteiger partial charge >= 0.3 is 0 Å². The summed E-state index contributed by atoms with van der Waals surface area (Å²) in [5, 5.41) is 10.9. The van der Waals surface area contributed by atoms with Gasteiger partial charge < -0.3 is 5.73 Å². The van der Waals surface area contributed by atoms with E-state index in [0.717, 1.165) is 24.8 Å². The zero-order valence-corrected chi connectivity index (χ0v) is 10.4. The van der Waals surface area contributed by atoms with Crippen molar-refractivity contribution >= 4 is 5.69 Å². The third-order valence-corrected chi connectivity index (χ3v) is 3.24. The van der Waals surface area contributed by atoms with Crippen LogP contribution in [-0.4, -0.2) is 11.0 Å². The molecule has 17 heavy (non-hydrogen) atoms. The van der Waals surface area contributed by atoms with E-state index >= 15 is 0 Å². The summed E-state index contributed by atoms with van der Waals surface area (Å²) in [6.07, 6.45) is 2.63. The number of hydrogen-bond donors (Lipinski definition) is 1. The van der Waals surface area contributed by atoms with Gasteiger partial charge in [-0.15, -0.1) is 0 Å². The number of para-hydroxylation sites is 1. The average molecular weight is 236 g/mol. The van der Waals surface area contributed by atoms with E-state index in [2.05, 4.69) is 6.92 Å². The van der Waals surface area contributed by atoms with E-state index in [0.29, 0.717) is 5.92 Å². The molecule has 4 nitrogen and oxygen atoms in total. The molecule has 0 bridgehead atoms. The van der Waals surface area contributed by atoms with E-state index in [1.807, 2.05) is 19.1 Å². The molecule has 0 amide bonds. The Kier molecular flexibility index (Phi) is 5.10. The van der Waals surface area contributed by atoms with Gasteiger partial charge in [-0.1, -0.05) is 31.5 Å². The molecule has 4 heteroatoms. The Morgan fingerprint density at radius 3 is 2.59 bits per heavy atom. The minimum absolute atomic E-state index is 0.141. The van der Waals surface area contributed by atoms with E-state index in [-0.39, 0.29) is 16.7 Å². The highest BCUT2D eigenvalue weighted by molar-refractivity contribution is 5.39. The molecule has 0 aliphatic carbocycles. The monoisotopic (exact) mass is 236 g/mol. The second-order valence-corrected chi connectivity index (χ2v) is 4.45. The van der Waals surface area contributed by atoms with Crippen molar-refractivity contribution in [3.8, 4) is 0 Å². The Labute approximate surface area is 102 Å². The van der Waals surface area contributed by atoms with Crippen LogP contribution in [0.3, 0.4) is 0 Å². The second kappa shape index (κ2) is 6.35. The van der Waals surface area contributed by atoms with Crippen molar-refractivity contribution in [1.29, 1.82) is 0 Å². The van der Waals surface area contributed by atoms with Crippen LogP contribution in [0.25, 0.3) is 0 Å². The van der Waals surface area contributed by atoms with Crippen molar-refractivity contribution in [2.75, 3.05) is 0 Å². The Morgan fingerprint density at radius 2 is 2.06 bits per heavy atom. The fraction of sp³-hybridized carbons (Fsp3) is 0.538. The molecule has 0 aromatic heterocycles. The molecule has 1 aromatic carbocycles. The average Bonchev–Trinajstić information content (AvgIpc) is 2.29. The molecule has 1 aromatic rings. The lowest BCUT2D eigenvalue weighted by molar-refractivity contribution is -0.385. The number of rotatable bonds is 6. The summed E-state index contributed by atoms with van der Waals surface area (Å²) in [6.45, 7) is 4.10. The van der Waals surface area contributed by atoms with E-state index in [1.54, 1.807) is 12.1 Å². The zero-order valence-electron chi connectivity index (χ0n) is 10.4. The van der Waals surface area contributed by atoms with Crippen molar-refractivity contribution in [3.05, 3.63) is 39.9 Å². The van der Waals surface area contributed by atoms with E-state index < -0.39 is 0 Å². The summed E-state index contributed by atoms with van der Waals surface area (Å²) < 4.78 is 0. The van der Waals surface area contributed by atoms with Gasteiger partial charge in [0, 0.05) is 17.7 Å². The third kappa shape index (κ3) is 3.82. The van der Waals surface area contributed by atoms with Gasteiger partial charge in [-0.3, -0.25) is 10.1 Å². The summed E-state index contributed by atoms with van der Waals surface area (Å²) in [5.41, 5.74) is 6.89. The molecule has 0 aliphatic rings. The highest BCUT2D eigenvalue weighted by Crippen LogP contribution is 2.22. The third-order valence-electron chi connectivity index (χ3n) is 3.24. The summed E-state index contributed by atoms with van der Waals surface area (Å²) in [4.78, 5) is 10.5. The SMILES string of the molecule is CCC(CCc1ccccc1[N+](=O)[O-])C(C)N. The minimum Gasteiger partial charge on any atom is -0.328 e. The second-order valence-electron chi connectivity index (χ2n) is 4.45. The lowest BCUT2D eigenvalue weighted by atomic mass is 9.91. The van der Waals surface area contributed by atoms with Crippen LogP contribution < -0.4 is 5.73 Å². The number of aryl methyl sites for hydroxylation is 1. The Morgan fingerprint density at radius 1 is 1.41 bits per heavy atom. The van der Waals surface area contributed by atoms with Crippen LogP contribution >= 0.6 is 0 Å². The molecular weight excluding hydrogens is 216 g/mol. The summed E-state index contributed by atoms with van der Waals surface area (Å²) >= 11 is 0. The van der Waals surface area contributed by atoms with Crippen LogP contribution in [-0.2, 0) is 6.42 Å². The van der Waals surface area contributed by atoms with Crippen molar-refractivity contribution < 1.29 is 4.92 Å². The first kappa shape index (κ1) is 13.6. The number of nitro benzene ring substituents is 1. The first-order valence-electron chi connectivity index (χ1n) is 6.04. The Hall–Kier alpha value is -1.42. The molecule has 0 spiro atoms. The number of hydrogen-bond acceptors (Lipinski definition) is 3. The fourth-order valence-electron chi connectivity index (χ4n) is 2.08. The lowest BCUT2D eigenvalue weighted by Crippen LogP contribution is -2.26. The van der Waals surface area contributed by atoms with Crippen LogP contribution in [0.2, 0.25) is 0 Å². The molecule has 0 fully saturated rings. The minimum atomic E-state index is -0.317. The van der Waals surface area contributed by atoms with Gasteiger partial charge in [0.05, 0.1) is 4.92 Å². The van der Waals surface area contributed by atoms with Crippen molar-refractivity contribution in [1.82, 2.24) is 0 Å². The smallest absolute Gasteiger partial charge is 0.272 e. The summed E-state index contributed by atoms with van der Waals surface area (Å²) in [5.74, 6) is 0.426. The largest absolute Gasteiger partial charge is 0.328 e. The maximum absolute atomic E-state index is 10.9. The molecule has 0 saturated heterocycles. The molecule has 0 radical (unpaired) electrons. The van der Waals surface area contributed by atoms with Crippen LogP contribution in [0.5, 0.6) is 0 Å². The van der Waals surface area contributed by atoms with Gasteiger partial charge in [0.2, 0.25) is 0 Å². The number of nitrogens with two attached hydrogens (primary N) is 1. The summed E-state index contributed by atoms with van der Waals surface area (Å²) in [7, 11) is 0. The molecule has 0 heterocycles. The normalized spacial score (nSPS) is 14.3. The molecule has 94 valence electrons. The van der Waals surface area contributed by atoms with E-state index in [1.165, 1.54) is 0 Å². The first-order valence-corrected chi connectivity index (χ1v) is 6.04. The molecule has 1 rings (SSSR count). The van der Waals surface area contributed by atoms with Crippen LogP contribution in [0, 0.1) is 16.0 Å². The lowest BCUT2D eigenvalue weighted by Gasteiger charge is -2.18. The number of benzene rings is 1. The molecule has 2 atom stereocenters. The van der Waals surface area contributed by atoms with Gasteiger partial charge in [0.15, 0.2) is 0 Å². The van der Waals surface area contributed by atoms with Crippen molar-refractivity contribution in [2.45, 2.75) is 39.2 Å². The van der Waals surface area contributed by atoms with Crippen LogP contribution in [0.1, 0.15) is 32.3 Å². The first-order chi connectivity index (χ1) is 8.06. The fourth-order valence-corrected chi connectivity index (χ4v) is 2.08. The predicted molar refractivity (Wildman–Crippen MR) is 68.8 cm³/mol. The van der Waals surface area contributed by atoms with E-state index in [9.17, 15) is 10.1 Å². The van der Waals surface area contributed by atoms with Gasteiger partial charge in [-0.25, -0.2) is 0 Å². The van der Waals surface area contributed by atoms with Gasteiger partial charge in [0.25, 0.3) is 5.69 Å². The number of nitro groups is 1. The quantitative estimate of drug-likeness (QED) is 0.610. The van der Waals surface area contributed by atoms with E-state index in [4.69, 9.17) is 5.73 Å². The molecule has 0 aliphatic heterocycles. The van der Waals surface area contributed by atoms with Crippen molar-refractivity contribution in [2.24, 2.45) is 11.7 Å².